The van der Waals surface area contributed by atoms with Crippen LogP contribution in [0.25, 0.3) is 0 Å². The molecule has 2 heterocycles. The van der Waals surface area contributed by atoms with Gasteiger partial charge in [0.15, 0.2) is 0 Å². The molecule has 0 aromatic carbocycles. The zero-order valence-corrected chi connectivity index (χ0v) is 13.9. The molecule has 1 aromatic rings. The third-order valence-electron chi connectivity index (χ3n) is 4.25. The Morgan fingerprint density at radius 1 is 1.27 bits per heavy atom. The number of piperazine rings is 1. The molecule has 0 bridgehead atoms. The predicted octanol–water partition coefficient (Wildman–Crippen LogP) is 1.05. The molecular formula is C15H28N6O. The molecule has 1 saturated heterocycles. The van der Waals surface area contributed by atoms with Gasteiger partial charge in [0.05, 0.1) is 11.9 Å². The fourth-order valence-electron chi connectivity index (χ4n) is 2.67. The fourth-order valence-corrected chi connectivity index (χ4v) is 2.67. The highest BCUT2D eigenvalue weighted by atomic mass is 16.2. The molecule has 0 saturated carbocycles. The Balaban J connectivity index is 1.69. The SMILES string of the molecule is CCN1CCN([C@H](C)CNC(=O)Nc2cnn(CC)c2)CC1. The molecule has 124 valence electrons. The molecule has 1 aliphatic rings. The molecule has 0 radical (unpaired) electrons. The quantitative estimate of drug-likeness (QED) is 0.824. The molecule has 7 nitrogen and oxygen atoms in total. The van der Waals surface area contributed by atoms with E-state index in [1.54, 1.807) is 10.9 Å². The summed E-state index contributed by atoms with van der Waals surface area (Å²) in [7, 11) is 0. The number of hydrogen-bond donors (Lipinski definition) is 2. The van der Waals surface area contributed by atoms with E-state index in [1.807, 2.05) is 13.1 Å². The van der Waals surface area contributed by atoms with Gasteiger partial charge >= 0.3 is 6.03 Å². The van der Waals surface area contributed by atoms with Crippen LogP contribution in [-0.2, 0) is 6.54 Å². The summed E-state index contributed by atoms with van der Waals surface area (Å²) in [6, 6.07) is 0.179. The zero-order chi connectivity index (χ0) is 15.9. The van der Waals surface area contributed by atoms with Crippen molar-refractivity contribution in [2.45, 2.75) is 33.4 Å². The second kappa shape index (κ2) is 8.14. The summed E-state index contributed by atoms with van der Waals surface area (Å²) in [4.78, 5) is 16.8. The van der Waals surface area contributed by atoms with Crippen LogP contribution >= 0.6 is 0 Å². The number of likely N-dealkylation sites (N-methyl/N-ethyl adjacent to an activating group) is 1. The lowest BCUT2D eigenvalue weighted by atomic mass is 10.2. The standard InChI is InChI=1S/C15H28N6O/c1-4-19-6-8-20(9-7-19)13(3)10-16-15(22)18-14-11-17-21(5-2)12-14/h11-13H,4-10H2,1-3H3,(H2,16,18,22)/t13-/m1/s1. The first-order valence-corrected chi connectivity index (χ1v) is 8.16. The Labute approximate surface area is 132 Å². The minimum absolute atomic E-state index is 0.172. The van der Waals surface area contributed by atoms with Crippen LogP contribution in [0.2, 0.25) is 0 Å². The van der Waals surface area contributed by atoms with Crippen LogP contribution in [0.5, 0.6) is 0 Å². The molecule has 7 heteroatoms. The number of hydrogen-bond acceptors (Lipinski definition) is 4. The van der Waals surface area contributed by atoms with E-state index in [9.17, 15) is 4.79 Å². The maximum Gasteiger partial charge on any atom is 0.319 e. The van der Waals surface area contributed by atoms with Gasteiger partial charge in [-0.25, -0.2) is 4.79 Å². The van der Waals surface area contributed by atoms with Crippen LogP contribution in [0.3, 0.4) is 0 Å². The van der Waals surface area contributed by atoms with Gasteiger partial charge in [-0.05, 0) is 20.4 Å². The molecule has 1 aliphatic heterocycles. The van der Waals surface area contributed by atoms with Gasteiger partial charge in [0.25, 0.3) is 0 Å². The Morgan fingerprint density at radius 2 is 2.00 bits per heavy atom. The van der Waals surface area contributed by atoms with E-state index in [2.05, 4.69) is 39.4 Å². The van der Waals surface area contributed by atoms with Crippen molar-refractivity contribution in [2.75, 3.05) is 44.6 Å². The van der Waals surface area contributed by atoms with Crippen LogP contribution < -0.4 is 10.6 Å². The Morgan fingerprint density at radius 3 is 2.59 bits per heavy atom. The summed E-state index contributed by atoms with van der Waals surface area (Å²) in [6.45, 7) is 13.3. The Bertz CT molecular complexity index is 466. The van der Waals surface area contributed by atoms with Gasteiger partial charge in [-0.2, -0.15) is 5.10 Å². The minimum atomic E-state index is -0.172. The lowest BCUT2D eigenvalue weighted by Gasteiger charge is -2.37. The molecule has 0 aliphatic carbocycles. The molecule has 2 N–H and O–H groups in total. The van der Waals surface area contributed by atoms with E-state index in [0.29, 0.717) is 12.6 Å². The largest absolute Gasteiger partial charge is 0.336 e. The predicted molar refractivity (Wildman–Crippen MR) is 88.1 cm³/mol. The average Bonchev–Trinajstić information content (AvgIpc) is 3.00. The first-order chi connectivity index (χ1) is 10.6. The van der Waals surface area contributed by atoms with Crippen molar-refractivity contribution in [1.82, 2.24) is 24.9 Å². The summed E-state index contributed by atoms with van der Waals surface area (Å²) >= 11 is 0. The molecule has 0 spiro atoms. The van der Waals surface area contributed by atoms with Crippen LogP contribution in [0.15, 0.2) is 12.4 Å². The van der Waals surface area contributed by atoms with E-state index in [4.69, 9.17) is 0 Å². The van der Waals surface area contributed by atoms with E-state index < -0.39 is 0 Å². The van der Waals surface area contributed by atoms with E-state index in [0.717, 1.165) is 45.0 Å². The number of urea groups is 1. The smallest absolute Gasteiger partial charge is 0.319 e. The van der Waals surface area contributed by atoms with Crippen molar-refractivity contribution in [3.63, 3.8) is 0 Å². The summed E-state index contributed by atoms with van der Waals surface area (Å²) < 4.78 is 1.78. The maximum absolute atomic E-state index is 11.9. The van der Waals surface area contributed by atoms with Gasteiger partial charge in [-0.15, -0.1) is 0 Å². The normalized spacial score (nSPS) is 18.1. The zero-order valence-electron chi connectivity index (χ0n) is 13.9. The Hall–Kier alpha value is -1.60. The number of nitrogens with zero attached hydrogens (tertiary/aromatic N) is 4. The minimum Gasteiger partial charge on any atom is -0.336 e. The number of carbonyl (C=O) groups excluding carboxylic acids is 1. The van der Waals surface area contributed by atoms with Crippen molar-refractivity contribution in [2.24, 2.45) is 0 Å². The summed E-state index contributed by atoms with van der Waals surface area (Å²) in [5.74, 6) is 0. The van der Waals surface area contributed by atoms with Crippen molar-refractivity contribution < 1.29 is 4.79 Å². The average molecular weight is 308 g/mol. The number of amides is 2. The van der Waals surface area contributed by atoms with Gasteiger partial charge in [0.2, 0.25) is 0 Å². The van der Waals surface area contributed by atoms with E-state index in [-0.39, 0.29) is 6.03 Å². The third kappa shape index (κ3) is 4.71. The molecule has 1 atom stereocenters. The van der Waals surface area contributed by atoms with Gasteiger partial charge in [-0.1, -0.05) is 6.92 Å². The van der Waals surface area contributed by atoms with Gasteiger partial charge in [-0.3, -0.25) is 9.58 Å². The molecule has 2 rings (SSSR count). The highest BCUT2D eigenvalue weighted by Gasteiger charge is 2.20. The number of nitrogens with one attached hydrogen (secondary N) is 2. The number of rotatable bonds is 6. The van der Waals surface area contributed by atoms with Crippen molar-refractivity contribution >= 4 is 11.7 Å². The van der Waals surface area contributed by atoms with Crippen molar-refractivity contribution in [1.29, 1.82) is 0 Å². The van der Waals surface area contributed by atoms with Crippen molar-refractivity contribution in [3.05, 3.63) is 12.4 Å². The monoisotopic (exact) mass is 308 g/mol. The second-order valence-corrected chi connectivity index (χ2v) is 5.74. The number of carbonyl (C=O) groups is 1. The summed E-state index contributed by atoms with van der Waals surface area (Å²) in [5.41, 5.74) is 0.726. The molecule has 2 amide bonds. The van der Waals surface area contributed by atoms with Gasteiger partial charge < -0.3 is 15.5 Å². The highest BCUT2D eigenvalue weighted by molar-refractivity contribution is 5.88. The first kappa shape index (κ1) is 16.8. The van der Waals surface area contributed by atoms with Gasteiger partial charge in [0.1, 0.15) is 0 Å². The lowest BCUT2D eigenvalue weighted by molar-refractivity contribution is 0.106. The second-order valence-electron chi connectivity index (χ2n) is 5.74. The van der Waals surface area contributed by atoms with E-state index >= 15 is 0 Å². The third-order valence-corrected chi connectivity index (χ3v) is 4.25. The number of anilines is 1. The molecule has 22 heavy (non-hydrogen) atoms. The number of aromatic nitrogens is 2. The lowest BCUT2D eigenvalue weighted by Crippen LogP contribution is -2.52. The summed E-state index contributed by atoms with van der Waals surface area (Å²) in [5, 5.41) is 9.88. The van der Waals surface area contributed by atoms with Crippen molar-refractivity contribution in [3.8, 4) is 0 Å². The highest BCUT2D eigenvalue weighted by Crippen LogP contribution is 2.06. The fraction of sp³-hybridized carbons (Fsp3) is 0.733. The molecular weight excluding hydrogens is 280 g/mol. The first-order valence-electron chi connectivity index (χ1n) is 8.16. The summed E-state index contributed by atoms with van der Waals surface area (Å²) in [6.07, 6.45) is 3.49. The van der Waals surface area contributed by atoms with Gasteiger partial charge in [0, 0.05) is 51.5 Å². The molecule has 0 unspecified atom stereocenters. The van der Waals surface area contributed by atoms with E-state index in [1.165, 1.54) is 0 Å². The topological polar surface area (TPSA) is 65.4 Å². The number of aryl methyl sites for hydroxylation is 1. The molecule has 1 aromatic heterocycles. The Kier molecular flexibility index (Phi) is 6.21. The van der Waals surface area contributed by atoms with Crippen LogP contribution in [0.4, 0.5) is 10.5 Å². The maximum atomic E-state index is 11.9. The van der Waals surface area contributed by atoms with Crippen LogP contribution in [-0.4, -0.2) is 70.9 Å². The van der Waals surface area contributed by atoms with Crippen LogP contribution in [0, 0.1) is 0 Å². The van der Waals surface area contributed by atoms with Crippen LogP contribution in [0.1, 0.15) is 20.8 Å². The molecule has 1 fully saturated rings.